The lowest BCUT2D eigenvalue weighted by molar-refractivity contribution is 0.111. The number of aldehydes is 1. The van der Waals surface area contributed by atoms with Crippen molar-refractivity contribution in [2.45, 2.75) is 13.5 Å². The SMILES string of the molecule is CCOc1ccccc1OCCn1cc(C=O)nn1. The molecule has 0 N–H and O–H groups in total. The first-order chi connectivity index (χ1) is 9.33. The quantitative estimate of drug-likeness (QED) is 0.708. The van der Waals surface area contributed by atoms with Crippen LogP contribution >= 0.6 is 0 Å². The van der Waals surface area contributed by atoms with E-state index in [2.05, 4.69) is 10.3 Å². The van der Waals surface area contributed by atoms with E-state index in [9.17, 15) is 4.79 Å². The molecule has 1 aromatic heterocycles. The molecule has 6 nitrogen and oxygen atoms in total. The highest BCUT2D eigenvalue weighted by Crippen LogP contribution is 2.26. The monoisotopic (exact) mass is 261 g/mol. The molecule has 0 aliphatic rings. The van der Waals surface area contributed by atoms with Crippen LogP contribution in [0.2, 0.25) is 0 Å². The van der Waals surface area contributed by atoms with E-state index < -0.39 is 0 Å². The minimum absolute atomic E-state index is 0.315. The molecule has 0 aliphatic carbocycles. The van der Waals surface area contributed by atoms with Gasteiger partial charge >= 0.3 is 0 Å². The van der Waals surface area contributed by atoms with Crippen molar-refractivity contribution in [3.05, 3.63) is 36.2 Å². The van der Waals surface area contributed by atoms with Gasteiger partial charge in [-0.1, -0.05) is 17.3 Å². The number of hydrogen-bond donors (Lipinski definition) is 0. The first-order valence-electron chi connectivity index (χ1n) is 6.03. The maximum Gasteiger partial charge on any atom is 0.171 e. The fourth-order valence-corrected chi connectivity index (χ4v) is 1.57. The molecule has 1 heterocycles. The second kappa shape index (κ2) is 6.53. The van der Waals surface area contributed by atoms with Crippen LogP contribution in [0.25, 0.3) is 0 Å². The van der Waals surface area contributed by atoms with Crippen LogP contribution < -0.4 is 9.47 Å². The second-order valence-corrected chi connectivity index (χ2v) is 3.75. The zero-order valence-corrected chi connectivity index (χ0v) is 10.7. The third kappa shape index (κ3) is 3.54. The first-order valence-corrected chi connectivity index (χ1v) is 6.03. The largest absolute Gasteiger partial charge is 0.490 e. The minimum Gasteiger partial charge on any atom is -0.490 e. The molecule has 0 saturated carbocycles. The Kier molecular flexibility index (Phi) is 4.49. The van der Waals surface area contributed by atoms with Crippen LogP contribution in [-0.2, 0) is 6.54 Å². The number of hydrogen-bond acceptors (Lipinski definition) is 5. The fourth-order valence-electron chi connectivity index (χ4n) is 1.57. The molecule has 2 rings (SSSR count). The summed E-state index contributed by atoms with van der Waals surface area (Å²) in [5.74, 6) is 1.41. The van der Waals surface area contributed by atoms with Crippen LogP contribution in [0.1, 0.15) is 17.4 Å². The van der Waals surface area contributed by atoms with Gasteiger partial charge in [-0.2, -0.15) is 0 Å². The van der Waals surface area contributed by atoms with E-state index in [1.807, 2.05) is 31.2 Å². The lowest BCUT2D eigenvalue weighted by Crippen LogP contribution is -2.09. The summed E-state index contributed by atoms with van der Waals surface area (Å²) in [6, 6.07) is 7.49. The summed E-state index contributed by atoms with van der Waals surface area (Å²) in [7, 11) is 0. The number of ether oxygens (including phenoxy) is 2. The summed E-state index contributed by atoms with van der Waals surface area (Å²) in [5, 5.41) is 7.47. The van der Waals surface area contributed by atoms with E-state index in [-0.39, 0.29) is 0 Å². The Hall–Kier alpha value is -2.37. The molecule has 0 amide bonds. The van der Waals surface area contributed by atoms with Crippen LogP contribution in [0.5, 0.6) is 11.5 Å². The standard InChI is InChI=1S/C13H15N3O3/c1-2-18-12-5-3-4-6-13(12)19-8-7-16-9-11(10-17)14-15-16/h3-6,9-10H,2,7-8H2,1H3. The van der Waals surface area contributed by atoms with E-state index in [1.54, 1.807) is 10.9 Å². The molecule has 0 saturated heterocycles. The maximum absolute atomic E-state index is 10.5. The Balaban J connectivity index is 1.90. The molecule has 0 aliphatic heterocycles. The van der Waals surface area contributed by atoms with Crippen LogP contribution in [-0.4, -0.2) is 34.5 Å². The van der Waals surface area contributed by atoms with Crippen LogP contribution in [0.4, 0.5) is 0 Å². The number of carbonyl (C=O) groups excluding carboxylic acids is 1. The van der Waals surface area contributed by atoms with Gasteiger partial charge in [-0.25, -0.2) is 4.68 Å². The van der Waals surface area contributed by atoms with Crippen molar-refractivity contribution in [2.24, 2.45) is 0 Å². The highest BCUT2D eigenvalue weighted by atomic mass is 16.5. The third-order valence-corrected chi connectivity index (χ3v) is 2.40. The summed E-state index contributed by atoms with van der Waals surface area (Å²) in [5.41, 5.74) is 0.315. The highest BCUT2D eigenvalue weighted by molar-refractivity contribution is 5.70. The van der Waals surface area contributed by atoms with Crippen molar-refractivity contribution in [1.29, 1.82) is 0 Å². The van der Waals surface area contributed by atoms with Crippen LogP contribution in [0.15, 0.2) is 30.5 Å². The van der Waals surface area contributed by atoms with E-state index in [4.69, 9.17) is 9.47 Å². The third-order valence-electron chi connectivity index (χ3n) is 2.40. The van der Waals surface area contributed by atoms with Crippen molar-refractivity contribution in [3.63, 3.8) is 0 Å². The Morgan fingerprint density at radius 2 is 2.00 bits per heavy atom. The lowest BCUT2D eigenvalue weighted by Gasteiger charge is -2.11. The molecular weight excluding hydrogens is 246 g/mol. The van der Waals surface area contributed by atoms with E-state index in [1.165, 1.54) is 0 Å². The van der Waals surface area contributed by atoms with Crippen molar-refractivity contribution in [1.82, 2.24) is 15.0 Å². The summed E-state index contributed by atoms with van der Waals surface area (Å²) in [6.07, 6.45) is 2.24. The molecule has 100 valence electrons. The molecule has 0 spiro atoms. The van der Waals surface area contributed by atoms with Gasteiger partial charge in [-0.15, -0.1) is 5.10 Å². The summed E-state index contributed by atoms with van der Waals surface area (Å²) >= 11 is 0. The normalized spacial score (nSPS) is 10.2. The van der Waals surface area contributed by atoms with Crippen LogP contribution in [0, 0.1) is 0 Å². The predicted octanol–water partition coefficient (Wildman–Crippen LogP) is 1.57. The molecule has 0 atom stereocenters. The number of carbonyl (C=O) groups is 1. The van der Waals surface area contributed by atoms with Gasteiger partial charge in [-0.05, 0) is 19.1 Å². The van der Waals surface area contributed by atoms with Crippen molar-refractivity contribution >= 4 is 6.29 Å². The fraction of sp³-hybridized carbons (Fsp3) is 0.308. The molecule has 6 heteroatoms. The number of aromatic nitrogens is 3. The molecule has 0 radical (unpaired) electrons. The predicted molar refractivity (Wildman–Crippen MR) is 68.5 cm³/mol. The highest BCUT2D eigenvalue weighted by Gasteiger charge is 2.04. The summed E-state index contributed by atoms with van der Waals surface area (Å²) in [6.45, 7) is 3.45. The van der Waals surface area contributed by atoms with Crippen molar-refractivity contribution in [3.8, 4) is 11.5 Å². The average Bonchev–Trinajstić information content (AvgIpc) is 2.89. The molecule has 19 heavy (non-hydrogen) atoms. The summed E-state index contributed by atoms with van der Waals surface area (Å²) < 4.78 is 12.7. The number of rotatable bonds is 7. The maximum atomic E-state index is 10.5. The molecule has 0 bridgehead atoms. The Morgan fingerprint density at radius 1 is 1.26 bits per heavy atom. The smallest absolute Gasteiger partial charge is 0.171 e. The van der Waals surface area contributed by atoms with E-state index in [0.29, 0.717) is 37.5 Å². The van der Waals surface area contributed by atoms with Gasteiger partial charge < -0.3 is 9.47 Å². The minimum atomic E-state index is 0.315. The Labute approximate surface area is 110 Å². The number of benzene rings is 1. The number of para-hydroxylation sites is 2. The van der Waals surface area contributed by atoms with E-state index >= 15 is 0 Å². The first kappa shape index (κ1) is 13.1. The van der Waals surface area contributed by atoms with Crippen molar-refractivity contribution in [2.75, 3.05) is 13.2 Å². The van der Waals surface area contributed by atoms with Crippen LogP contribution in [0.3, 0.4) is 0 Å². The second-order valence-electron chi connectivity index (χ2n) is 3.75. The van der Waals surface area contributed by atoms with Crippen molar-refractivity contribution < 1.29 is 14.3 Å². The zero-order valence-electron chi connectivity index (χ0n) is 10.7. The van der Waals surface area contributed by atoms with E-state index in [0.717, 1.165) is 5.75 Å². The Morgan fingerprint density at radius 3 is 2.63 bits per heavy atom. The van der Waals surface area contributed by atoms with Gasteiger partial charge in [0.15, 0.2) is 17.8 Å². The molecule has 1 aromatic carbocycles. The van der Waals surface area contributed by atoms with Gasteiger partial charge in [0.25, 0.3) is 0 Å². The number of nitrogens with zero attached hydrogens (tertiary/aromatic N) is 3. The summed E-state index contributed by atoms with van der Waals surface area (Å²) in [4.78, 5) is 10.5. The van der Waals surface area contributed by atoms with Gasteiger partial charge in [0.1, 0.15) is 12.3 Å². The zero-order chi connectivity index (χ0) is 13.5. The van der Waals surface area contributed by atoms with Gasteiger partial charge in [0.2, 0.25) is 0 Å². The molecule has 0 unspecified atom stereocenters. The Bertz CT molecular complexity index is 539. The van der Waals surface area contributed by atoms with Gasteiger partial charge in [-0.3, -0.25) is 4.79 Å². The molecule has 0 fully saturated rings. The van der Waals surface area contributed by atoms with Gasteiger partial charge in [0.05, 0.1) is 19.3 Å². The lowest BCUT2D eigenvalue weighted by atomic mass is 10.3. The average molecular weight is 261 g/mol. The topological polar surface area (TPSA) is 66.2 Å². The van der Waals surface area contributed by atoms with Gasteiger partial charge in [0, 0.05) is 0 Å². The molecule has 2 aromatic rings. The molecular formula is C13H15N3O3.